The number of nitrogens with zero attached hydrogens (tertiary/aromatic N) is 5. The van der Waals surface area contributed by atoms with Gasteiger partial charge in [0.25, 0.3) is 0 Å². The topological polar surface area (TPSA) is 82.6 Å². The molecule has 3 heterocycles. The number of rotatable bonds is 1. The third kappa shape index (κ3) is 1.50. The zero-order valence-electron chi connectivity index (χ0n) is 8.14. The lowest BCUT2D eigenvalue weighted by molar-refractivity contribution is 0.578. The molecule has 0 aromatic carbocycles. The maximum atomic E-state index is 4.34. The summed E-state index contributed by atoms with van der Waals surface area (Å²) in [5, 5.41) is 11.4. The summed E-state index contributed by atoms with van der Waals surface area (Å²) in [7, 11) is 0. The van der Waals surface area contributed by atoms with Gasteiger partial charge in [0.15, 0.2) is 5.65 Å². The van der Waals surface area contributed by atoms with Crippen LogP contribution < -0.4 is 10.2 Å². The summed E-state index contributed by atoms with van der Waals surface area (Å²) in [6.45, 7) is 3.75. The van der Waals surface area contributed by atoms with Crippen LogP contribution in [0.2, 0.25) is 0 Å². The molecule has 0 aliphatic carbocycles. The van der Waals surface area contributed by atoms with Crippen molar-refractivity contribution in [3.05, 3.63) is 6.33 Å². The van der Waals surface area contributed by atoms with E-state index in [1.54, 1.807) is 6.33 Å². The number of aromatic nitrogens is 5. The first kappa shape index (κ1) is 8.54. The monoisotopic (exact) mass is 205 g/mol. The fourth-order valence-corrected chi connectivity index (χ4v) is 1.65. The van der Waals surface area contributed by atoms with Crippen LogP contribution in [0.25, 0.3) is 11.3 Å². The van der Waals surface area contributed by atoms with Gasteiger partial charge >= 0.3 is 0 Å². The average molecular weight is 205 g/mol. The normalized spacial score (nSPS) is 17.2. The van der Waals surface area contributed by atoms with Crippen LogP contribution in [-0.2, 0) is 0 Å². The summed E-state index contributed by atoms with van der Waals surface area (Å²) >= 11 is 0. The first-order chi connectivity index (χ1) is 7.43. The molecule has 0 amide bonds. The highest BCUT2D eigenvalue weighted by Gasteiger charge is 2.14. The van der Waals surface area contributed by atoms with Crippen molar-refractivity contribution in [2.45, 2.75) is 0 Å². The molecule has 0 radical (unpaired) electrons. The Kier molecular flexibility index (Phi) is 1.95. The molecule has 2 N–H and O–H groups in total. The molecule has 7 nitrogen and oxygen atoms in total. The fourth-order valence-electron chi connectivity index (χ4n) is 1.65. The van der Waals surface area contributed by atoms with E-state index in [2.05, 4.69) is 35.4 Å². The van der Waals surface area contributed by atoms with Gasteiger partial charge in [0.2, 0.25) is 11.6 Å². The second-order valence-corrected chi connectivity index (χ2v) is 3.42. The first-order valence-electron chi connectivity index (χ1n) is 4.93. The van der Waals surface area contributed by atoms with Crippen molar-refractivity contribution < 1.29 is 0 Å². The van der Waals surface area contributed by atoms with Crippen molar-refractivity contribution in [2.24, 2.45) is 0 Å². The molecule has 1 aliphatic heterocycles. The van der Waals surface area contributed by atoms with E-state index in [1.807, 2.05) is 0 Å². The lowest BCUT2D eigenvalue weighted by atomic mass is 10.4. The minimum atomic E-state index is 0.624. The first-order valence-corrected chi connectivity index (χ1v) is 4.93. The zero-order valence-corrected chi connectivity index (χ0v) is 8.14. The Bertz CT molecular complexity index is 459. The molecule has 0 spiro atoms. The Balaban J connectivity index is 1.95. The molecule has 1 aliphatic rings. The molecule has 7 heteroatoms. The number of aromatic amines is 1. The summed E-state index contributed by atoms with van der Waals surface area (Å²) in [5.74, 6) is 0.663. The van der Waals surface area contributed by atoms with Crippen molar-refractivity contribution >= 4 is 17.2 Å². The van der Waals surface area contributed by atoms with Crippen LogP contribution in [0.1, 0.15) is 0 Å². The molecule has 0 unspecified atom stereocenters. The average Bonchev–Trinajstić information content (AvgIpc) is 2.77. The number of H-pyrrole nitrogens is 1. The number of imidazole rings is 1. The second kappa shape index (κ2) is 3.43. The highest BCUT2D eigenvalue weighted by molar-refractivity contribution is 5.64. The maximum absolute atomic E-state index is 4.34. The Morgan fingerprint density at radius 2 is 2.07 bits per heavy atom. The summed E-state index contributed by atoms with van der Waals surface area (Å²) in [6, 6.07) is 0. The summed E-state index contributed by atoms with van der Waals surface area (Å²) in [5.41, 5.74) is 1.26. The Labute approximate surface area is 85.9 Å². The fraction of sp³-hybridized carbons (Fsp3) is 0.500. The predicted octanol–water partition coefficient (Wildman–Crippen LogP) is -0.842. The van der Waals surface area contributed by atoms with Crippen LogP contribution in [0.4, 0.5) is 5.95 Å². The third-order valence-corrected chi connectivity index (χ3v) is 2.45. The lowest BCUT2D eigenvalue weighted by Gasteiger charge is -2.26. The Morgan fingerprint density at radius 1 is 1.20 bits per heavy atom. The smallest absolute Gasteiger partial charge is 0.247 e. The van der Waals surface area contributed by atoms with Crippen molar-refractivity contribution in [1.29, 1.82) is 0 Å². The van der Waals surface area contributed by atoms with Gasteiger partial charge in [-0.25, -0.2) is 4.98 Å². The SMILES string of the molecule is c1nc2nc(N3CCNCC3)nnc2[nH]1. The molecule has 0 bridgehead atoms. The lowest BCUT2D eigenvalue weighted by Crippen LogP contribution is -2.44. The van der Waals surface area contributed by atoms with Gasteiger partial charge in [-0.05, 0) is 0 Å². The molecular formula is C8H11N7. The van der Waals surface area contributed by atoms with E-state index in [0.29, 0.717) is 17.2 Å². The number of hydrogen-bond acceptors (Lipinski definition) is 6. The van der Waals surface area contributed by atoms with E-state index in [9.17, 15) is 0 Å². The van der Waals surface area contributed by atoms with E-state index >= 15 is 0 Å². The minimum absolute atomic E-state index is 0.624. The van der Waals surface area contributed by atoms with Crippen molar-refractivity contribution in [2.75, 3.05) is 31.1 Å². The third-order valence-electron chi connectivity index (χ3n) is 2.45. The Morgan fingerprint density at radius 3 is 2.93 bits per heavy atom. The molecule has 2 aromatic heterocycles. The molecular weight excluding hydrogens is 194 g/mol. The number of hydrogen-bond donors (Lipinski definition) is 2. The van der Waals surface area contributed by atoms with E-state index in [-0.39, 0.29) is 0 Å². The molecule has 78 valence electrons. The summed E-state index contributed by atoms with van der Waals surface area (Å²) < 4.78 is 0. The van der Waals surface area contributed by atoms with Crippen LogP contribution in [0.15, 0.2) is 6.33 Å². The Hall–Kier alpha value is -1.76. The van der Waals surface area contributed by atoms with Crippen molar-refractivity contribution in [3.8, 4) is 0 Å². The number of nitrogens with one attached hydrogen (secondary N) is 2. The van der Waals surface area contributed by atoms with Gasteiger partial charge in [-0.1, -0.05) is 0 Å². The van der Waals surface area contributed by atoms with Gasteiger partial charge in [0.1, 0.15) is 0 Å². The van der Waals surface area contributed by atoms with Gasteiger partial charge in [0.05, 0.1) is 6.33 Å². The maximum Gasteiger partial charge on any atom is 0.247 e. The molecule has 3 rings (SSSR count). The van der Waals surface area contributed by atoms with Crippen LogP contribution in [0.3, 0.4) is 0 Å². The molecule has 1 saturated heterocycles. The minimum Gasteiger partial charge on any atom is -0.337 e. The molecule has 0 atom stereocenters. The van der Waals surface area contributed by atoms with E-state index < -0.39 is 0 Å². The highest BCUT2D eigenvalue weighted by atomic mass is 15.4. The number of fused-ring (bicyclic) bond motifs is 1. The van der Waals surface area contributed by atoms with Crippen LogP contribution in [0.5, 0.6) is 0 Å². The number of anilines is 1. The van der Waals surface area contributed by atoms with Crippen LogP contribution >= 0.6 is 0 Å². The van der Waals surface area contributed by atoms with Crippen LogP contribution in [-0.4, -0.2) is 51.3 Å². The standard InChI is InChI=1S/C8H11N7/c1-3-15(4-2-9-1)8-12-6-7(13-14-8)11-5-10-6/h5,9H,1-4H2,(H,10,11,12,13,14). The molecule has 0 saturated carbocycles. The molecule has 2 aromatic rings. The second-order valence-electron chi connectivity index (χ2n) is 3.42. The van der Waals surface area contributed by atoms with Gasteiger partial charge in [-0.15, -0.1) is 10.2 Å². The van der Waals surface area contributed by atoms with Gasteiger partial charge in [-0.2, -0.15) is 4.98 Å². The largest absolute Gasteiger partial charge is 0.337 e. The highest BCUT2D eigenvalue weighted by Crippen LogP contribution is 2.09. The molecule has 15 heavy (non-hydrogen) atoms. The quantitative estimate of drug-likeness (QED) is 0.631. The zero-order chi connectivity index (χ0) is 10.1. The van der Waals surface area contributed by atoms with E-state index in [1.165, 1.54) is 0 Å². The predicted molar refractivity (Wildman–Crippen MR) is 54.6 cm³/mol. The van der Waals surface area contributed by atoms with Gasteiger partial charge < -0.3 is 15.2 Å². The summed E-state index contributed by atoms with van der Waals surface area (Å²) in [6.07, 6.45) is 1.58. The molecule has 1 fully saturated rings. The van der Waals surface area contributed by atoms with Crippen molar-refractivity contribution in [1.82, 2.24) is 30.5 Å². The van der Waals surface area contributed by atoms with E-state index in [0.717, 1.165) is 26.2 Å². The van der Waals surface area contributed by atoms with E-state index in [4.69, 9.17) is 0 Å². The van der Waals surface area contributed by atoms with Crippen LogP contribution in [0, 0.1) is 0 Å². The van der Waals surface area contributed by atoms with Gasteiger partial charge in [-0.3, -0.25) is 0 Å². The summed E-state index contributed by atoms with van der Waals surface area (Å²) in [4.78, 5) is 13.4. The van der Waals surface area contributed by atoms with Gasteiger partial charge in [0, 0.05) is 26.2 Å². The number of piperazine rings is 1. The van der Waals surface area contributed by atoms with Crippen molar-refractivity contribution in [3.63, 3.8) is 0 Å².